The van der Waals surface area contributed by atoms with Crippen LogP contribution >= 0.6 is 0 Å². The van der Waals surface area contributed by atoms with Crippen LogP contribution in [0.15, 0.2) is 55.1 Å². The molecule has 0 bridgehead atoms. The fourth-order valence-corrected chi connectivity index (χ4v) is 2.31. The van der Waals surface area contributed by atoms with Crippen LogP contribution in [0, 0.1) is 0 Å². The van der Waals surface area contributed by atoms with Crippen molar-refractivity contribution >= 4 is 18.0 Å². The molecular formula is C20H18O5. The van der Waals surface area contributed by atoms with Crippen LogP contribution in [0.5, 0.6) is 5.75 Å². The molecule has 0 radical (unpaired) electrons. The Bertz CT molecular complexity index is 792. The Balaban J connectivity index is 1.63. The largest absolute Gasteiger partial charge is 0.463 e. The monoisotopic (exact) mass is 338 g/mol. The molecule has 0 aromatic heterocycles. The van der Waals surface area contributed by atoms with E-state index in [4.69, 9.17) is 14.2 Å². The van der Waals surface area contributed by atoms with Crippen LogP contribution in [0.3, 0.4) is 0 Å². The SMILES string of the molecule is C=Cc1ccccc1C(=O)Oc1cccc(CC(=O)OCC2CO2)c1. The van der Waals surface area contributed by atoms with Crippen LogP contribution in [0.4, 0.5) is 0 Å². The Morgan fingerprint density at radius 3 is 2.76 bits per heavy atom. The van der Waals surface area contributed by atoms with Gasteiger partial charge in [0.1, 0.15) is 18.5 Å². The van der Waals surface area contributed by atoms with Crippen molar-refractivity contribution in [2.24, 2.45) is 0 Å². The summed E-state index contributed by atoms with van der Waals surface area (Å²) in [5.74, 6) is -0.434. The van der Waals surface area contributed by atoms with Crippen molar-refractivity contribution in [2.75, 3.05) is 13.2 Å². The van der Waals surface area contributed by atoms with Gasteiger partial charge >= 0.3 is 11.9 Å². The number of rotatable bonds is 7. The average molecular weight is 338 g/mol. The van der Waals surface area contributed by atoms with Crippen molar-refractivity contribution in [3.63, 3.8) is 0 Å². The van der Waals surface area contributed by atoms with Crippen LogP contribution in [0.25, 0.3) is 6.08 Å². The van der Waals surface area contributed by atoms with Crippen LogP contribution in [0.2, 0.25) is 0 Å². The van der Waals surface area contributed by atoms with Crippen molar-refractivity contribution < 1.29 is 23.8 Å². The predicted molar refractivity (Wildman–Crippen MR) is 92.3 cm³/mol. The molecule has 1 atom stereocenters. The third kappa shape index (κ3) is 4.78. The van der Waals surface area contributed by atoms with Crippen molar-refractivity contribution in [3.8, 4) is 5.75 Å². The highest BCUT2D eigenvalue weighted by Gasteiger charge is 2.24. The Morgan fingerprint density at radius 2 is 2.00 bits per heavy atom. The Hall–Kier alpha value is -2.92. The lowest BCUT2D eigenvalue weighted by Gasteiger charge is -2.08. The van der Waals surface area contributed by atoms with Gasteiger partial charge in [-0.1, -0.05) is 43.0 Å². The summed E-state index contributed by atoms with van der Waals surface area (Å²) < 4.78 is 15.5. The molecule has 128 valence electrons. The molecule has 0 amide bonds. The molecule has 1 aliphatic rings. The number of carbonyl (C=O) groups is 2. The molecule has 2 aromatic carbocycles. The summed E-state index contributed by atoms with van der Waals surface area (Å²) in [6.07, 6.45) is 1.76. The molecule has 0 spiro atoms. The third-order valence-electron chi connectivity index (χ3n) is 3.69. The number of benzene rings is 2. The van der Waals surface area contributed by atoms with Crippen LogP contribution in [-0.4, -0.2) is 31.3 Å². The summed E-state index contributed by atoms with van der Waals surface area (Å²) in [7, 11) is 0. The summed E-state index contributed by atoms with van der Waals surface area (Å²) in [4.78, 5) is 24.1. The van der Waals surface area contributed by atoms with Crippen molar-refractivity contribution in [3.05, 3.63) is 71.8 Å². The normalized spacial score (nSPS) is 15.3. The minimum absolute atomic E-state index is 0.0427. The van der Waals surface area contributed by atoms with Gasteiger partial charge in [-0.25, -0.2) is 4.79 Å². The number of carbonyl (C=O) groups excluding carboxylic acids is 2. The minimum atomic E-state index is -0.471. The number of epoxide rings is 1. The first kappa shape index (κ1) is 16.9. The molecule has 25 heavy (non-hydrogen) atoms. The molecule has 1 fully saturated rings. The molecule has 1 unspecified atom stereocenters. The van der Waals surface area contributed by atoms with E-state index < -0.39 is 5.97 Å². The fraction of sp³-hybridized carbons (Fsp3) is 0.200. The van der Waals surface area contributed by atoms with E-state index in [1.165, 1.54) is 0 Å². The predicted octanol–water partition coefficient (Wildman–Crippen LogP) is 3.03. The summed E-state index contributed by atoms with van der Waals surface area (Å²) in [5, 5.41) is 0. The zero-order valence-corrected chi connectivity index (χ0v) is 13.6. The van der Waals surface area contributed by atoms with Gasteiger partial charge in [0.05, 0.1) is 18.6 Å². The van der Waals surface area contributed by atoms with Gasteiger partial charge in [0.25, 0.3) is 0 Å². The highest BCUT2D eigenvalue weighted by Crippen LogP contribution is 2.18. The summed E-state index contributed by atoms with van der Waals surface area (Å²) >= 11 is 0. The lowest BCUT2D eigenvalue weighted by atomic mass is 10.1. The first-order valence-electron chi connectivity index (χ1n) is 7.95. The van der Waals surface area contributed by atoms with Gasteiger partial charge in [-0.15, -0.1) is 0 Å². The highest BCUT2D eigenvalue weighted by atomic mass is 16.6. The van der Waals surface area contributed by atoms with Crippen molar-refractivity contribution in [1.29, 1.82) is 0 Å². The van der Waals surface area contributed by atoms with E-state index in [1.54, 1.807) is 48.5 Å². The van der Waals surface area contributed by atoms with E-state index in [1.807, 2.05) is 6.07 Å². The molecule has 1 aliphatic heterocycles. The third-order valence-corrected chi connectivity index (χ3v) is 3.69. The van der Waals surface area contributed by atoms with Gasteiger partial charge in [0, 0.05) is 0 Å². The van der Waals surface area contributed by atoms with Crippen LogP contribution in [-0.2, 0) is 20.7 Å². The number of ether oxygens (including phenoxy) is 3. The Morgan fingerprint density at radius 1 is 1.20 bits per heavy atom. The van der Waals surface area contributed by atoms with E-state index >= 15 is 0 Å². The summed E-state index contributed by atoms with van der Waals surface area (Å²) in [5.41, 5.74) is 1.85. The van der Waals surface area contributed by atoms with E-state index in [9.17, 15) is 9.59 Å². The lowest BCUT2D eigenvalue weighted by Crippen LogP contribution is -2.13. The molecule has 0 aliphatic carbocycles. The van der Waals surface area contributed by atoms with Gasteiger partial charge in [-0.05, 0) is 29.3 Å². The van der Waals surface area contributed by atoms with Gasteiger partial charge in [0.15, 0.2) is 0 Å². The molecule has 2 aromatic rings. The zero-order valence-electron chi connectivity index (χ0n) is 13.6. The number of hydrogen-bond donors (Lipinski definition) is 0. The van der Waals surface area contributed by atoms with E-state index in [0.29, 0.717) is 29.0 Å². The van der Waals surface area contributed by atoms with Crippen molar-refractivity contribution in [2.45, 2.75) is 12.5 Å². The maximum atomic E-state index is 12.3. The van der Waals surface area contributed by atoms with E-state index in [2.05, 4.69) is 6.58 Å². The van der Waals surface area contributed by atoms with Gasteiger partial charge < -0.3 is 14.2 Å². The topological polar surface area (TPSA) is 65.1 Å². The number of esters is 2. The Labute approximate surface area is 145 Å². The molecular weight excluding hydrogens is 320 g/mol. The smallest absolute Gasteiger partial charge is 0.344 e. The minimum Gasteiger partial charge on any atom is -0.463 e. The molecule has 5 nitrogen and oxygen atoms in total. The Kier molecular flexibility index (Phi) is 5.26. The second-order valence-electron chi connectivity index (χ2n) is 5.64. The standard InChI is InChI=1S/C20H18O5/c1-2-15-7-3-4-9-18(15)20(22)25-16-8-5-6-14(10-16)11-19(21)24-13-17-12-23-17/h2-10,17H,1,11-13H2. The molecule has 3 rings (SSSR count). The van der Waals surface area contributed by atoms with Gasteiger partial charge in [-0.3, -0.25) is 4.79 Å². The summed E-state index contributed by atoms with van der Waals surface area (Å²) in [6.45, 7) is 4.62. The molecule has 0 saturated carbocycles. The van der Waals surface area contributed by atoms with Gasteiger partial charge in [-0.2, -0.15) is 0 Å². The zero-order chi connectivity index (χ0) is 17.6. The quantitative estimate of drug-likeness (QED) is 0.441. The van der Waals surface area contributed by atoms with Gasteiger partial charge in [0.2, 0.25) is 0 Å². The molecule has 1 heterocycles. The second-order valence-corrected chi connectivity index (χ2v) is 5.64. The van der Waals surface area contributed by atoms with Crippen LogP contribution in [0.1, 0.15) is 21.5 Å². The maximum absolute atomic E-state index is 12.3. The number of hydrogen-bond acceptors (Lipinski definition) is 5. The average Bonchev–Trinajstić information content (AvgIpc) is 3.44. The lowest BCUT2D eigenvalue weighted by molar-refractivity contribution is -0.143. The first-order valence-corrected chi connectivity index (χ1v) is 7.95. The first-order chi connectivity index (χ1) is 12.2. The summed E-state index contributed by atoms with van der Waals surface area (Å²) in [6, 6.07) is 13.9. The van der Waals surface area contributed by atoms with E-state index in [0.717, 1.165) is 0 Å². The molecule has 5 heteroatoms. The fourth-order valence-electron chi connectivity index (χ4n) is 2.31. The molecule has 0 N–H and O–H groups in total. The second kappa shape index (κ2) is 7.77. The van der Waals surface area contributed by atoms with Crippen molar-refractivity contribution in [1.82, 2.24) is 0 Å². The van der Waals surface area contributed by atoms with E-state index in [-0.39, 0.29) is 25.1 Å². The highest BCUT2D eigenvalue weighted by molar-refractivity contribution is 5.94. The maximum Gasteiger partial charge on any atom is 0.344 e. The molecule has 1 saturated heterocycles. The van der Waals surface area contributed by atoms with Crippen LogP contribution < -0.4 is 4.74 Å².